The molecule has 2 aliphatic heterocycles. The number of rotatable bonds is 2. The van der Waals surface area contributed by atoms with E-state index in [-0.39, 0.29) is 41.3 Å². The molecule has 8 heteroatoms. The third-order valence-corrected chi connectivity index (χ3v) is 5.91. The Morgan fingerprint density at radius 2 is 1.93 bits per heavy atom. The van der Waals surface area contributed by atoms with Gasteiger partial charge in [0.2, 0.25) is 0 Å². The Labute approximate surface area is 173 Å². The van der Waals surface area contributed by atoms with Gasteiger partial charge in [-0.2, -0.15) is 0 Å². The van der Waals surface area contributed by atoms with Crippen molar-refractivity contribution >= 4 is 24.0 Å². The summed E-state index contributed by atoms with van der Waals surface area (Å²) in [5.41, 5.74) is 0.787. The largest absolute Gasteiger partial charge is 0.504 e. The van der Waals surface area contributed by atoms with E-state index in [0.717, 1.165) is 18.7 Å². The maximum Gasteiger partial charge on any atom is 0.270 e. The summed E-state index contributed by atoms with van der Waals surface area (Å²) in [7, 11) is 0. The van der Waals surface area contributed by atoms with Crippen molar-refractivity contribution in [2.75, 3.05) is 19.6 Å². The molecule has 7 nitrogen and oxygen atoms in total. The molecule has 0 spiro atoms. The van der Waals surface area contributed by atoms with Crippen LogP contribution in [0.3, 0.4) is 0 Å². The Hall–Kier alpha value is -2.90. The summed E-state index contributed by atoms with van der Waals surface area (Å²) < 4.78 is 1.22. The molecule has 2 aromatic heterocycles. The van der Waals surface area contributed by atoms with Crippen molar-refractivity contribution in [2.24, 2.45) is 11.8 Å². The molecule has 1 amide bonds. The molecule has 3 aromatic rings. The SMILES string of the molecule is Cl.O=C(c1cnc2c(O)cccn2c1=O)N1C[C@@H]2CNC[C@@H]2[C@H]1c1ccccc1. The molecule has 29 heavy (non-hydrogen) atoms. The molecule has 150 valence electrons. The van der Waals surface area contributed by atoms with Crippen LogP contribution in [0.15, 0.2) is 59.7 Å². The molecule has 0 radical (unpaired) electrons. The molecule has 0 saturated carbocycles. The van der Waals surface area contributed by atoms with Crippen molar-refractivity contribution < 1.29 is 9.90 Å². The Morgan fingerprint density at radius 1 is 1.14 bits per heavy atom. The molecule has 0 aliphatic carbocycles. The van der Waals surface area contributed by atoms with Crippen molar-refractivity contribution in [2.45, 2.75) is 6.04 Å². The maximum absolute atomic E-state index is 13.4. The summed E-state index contributed by atoms with van der Waals surface area (Å²) in [6.45, 7) is 2.34. The number of carbonyl (C=O) groups is 1. The number of nitrogens with zero attached hydrogens (tertiary/aromatic N) is 3. The van der Waals surface area contributed by atoms with Crippen molar-refractivity contribution in [3.8, 4) is 5.75 Å². The van der Waals surface area contributed by atoms with Gasteiger partial charge < -0.3 is 15.3 Å². The predicted octanol–water partition coefficient (Wildman–Crippen LogP) is 1.85. The Kier molecular flexibility index (Phi) is 5.02. The van der Waals surface area contributed by atoms with Crippen LogP contribution in [0.1, 0.15) is 22.0 Å². The fourth-order valence-electron chi connectivity index (χ4n) is 4.60. The number of benzene rings is 1. The first-order valence-electron chi connectivity index (χ1n) is 9.41. The number of hydrogen-bond acceptors (Lipinski definition) is 5. The lowest BCUT2D eigenvalue weighted by Gasteiger charge is -2.28. The van der Waals surface area contributed by atoms with Crippen LogP contribution < -0.4 is 10.9 Å². The van der Waals surface area contributed by atoms with Crippen LogP contribution in [0.4, 0.5) is 0 Å². The zero-order valence-corrected chi connectivity index (χ0v) is 16.4. The maximum atomic E-state index is 13.4. The number of nitrogens with one attached hydrogen (secondary N) is 1. The van der Waals surface area contributed by atoms with E-state index in [2.05, 4.69) is 10.3 Å². The van der Waals surface area contributed by atoms with Gasteiger partial charge in [-0.15, -0.1) is 12.4 Å². The van der Waals surface area contributed by atoms with Crippen molar-refractivity contribution in [3.63, 3.8) is 0 Å². The van der Waals surface area contributed by atoms with Crippen LogP contribution >= 0.6 is 12.4 Å². The number of amides is 1. The van der Waals surface area contributed by atoms with Crippen LogP contribution in [0, 0.1) is 11.8 Å². The van der Waals surface area contributed by atoms with E-state index >= 15 is 0 Å². The Balaban J connectivity index is 0.00000205. The van der Waals surface area contributed by atoms with Crippen LogP contribution in [-0.2, 0) is 0 Å². The first-order valence-corrected chi connectivity index (χ1v) is 9.41. The quantitative estimate of drug-likeness (QED) is 0.670. The zero-order valence-electron chi connectivity index (χ0n) is 15.6. The van der Waals surface area contributed by atoms with Crippen molar-refractivity contribution in [1.29, 1.82) is 0 Å². The molecular weight excluding hydrogens is 392 g/mol. The van der Waals surface area contributed by atoms with E-state index in [1.54, 1.807) is 6.07 Å². The van der Waals surface area contributed by atoms with Gasteiger partial charge in [0.1, 0.15) is 5.56 Å². The van der Waals surface area contributed by atoms with E-state index in [0.29, 0.717) is 18.4 Å². The van der Waals surface area contributed by atoms with Gasteiger partial charge in [0.15, 0.2) is 11.4 Å². The molecule has 4 heterocycles. The fraction of sp³-hybridized carbons (Fsp3) is 0.286. The standard InChI is InChI=1S/C21H20N4O3.ClH/c26-17-7-4-8-24-19(17)23-11-16(20(24)27)21(28)25-12-14-9-22-10-15(14)18(25)13-5-2-1-3-6-13;/h1-8,11,14-15,18,22,26H,9-10,12H2;1H/t14-,15-,18+;/m0./s1. The van der Waals surface area contributed by atoms with E-state index in [9.17, 15) is 14.7 Å². The van der Waals surface area contributed by atoms with Crippen LogP contribution in [0.2, 0.25) is 0 Å². The highest BCUT2D eigenvalue weighted by molar-refractivity contribution is 5.94. The van der Waals surface area contributed by atoms with Gasteiger partial charge in [0.05, 0.1) is 6.04 Å². The number of carbonyl (C=O) groups excluding carboxylic acids is 1. The third kappa shape index (κ3) is 3.07. The van der Waals surface area contributed by atoms with E-state index in [1.165, 1.54) is 22.9 Å². The van der Waals surface area contributed by atoms with Crippen LogP contribution in [0.5, 0.6) is 5.75 Å². The number of aromatic hydroxyl groups is 1. The van der Waals surface area contributed by atoms with Gasteiger partial charge in [-0.1, -0.05) is 30.3 Å². The number of pyridine rings is 1. The topological polar surface area (TPSA) is 86.9 Å². The second-order valence-corrected chi connectivity index (χ2v) is 7.46. The smallest absolute Gasteiger partial charge is 0.270 e. The van der Waals surface area contributed by atoms with Gasteiger partial charge in [0.25, 0.3) is 11.5 Å². The number of halogens is 1. The highest BCUT2D eigenvalue weighted by Gasteiger charge is 2.47. The summed E-state index contributed by atoms with van der Waals surface area (Å²) in [6.07, 6.45) is 2.80. The molecular formula is C21H21ClN4O3. The summed E-state index contributed by atoms with van der Waals surface area (Å²) >= 11 is 0. The molecule has 2 aliphatic rings. The first kappa shape index (κ1) is 19.4. The second kappa shape index (κ2) is 7.50. The number of aromatic nitrogens is 2. The molecule has 1 aromatic carbocycles. The monoisotopic (exact) mass is 412 g/mol. The summed E-state index contributed by atoms with van der Waals surface area (Å²) in [5, 5.41) is 13.3. The Bertz CT molecular complexity index is 1120. The van der Waals surface area contributed by atoms with Gasteiger partial charge in [-0.25, -0.2) is 4.98 Å². The highest BCUT2D eigenvalue weighted by atomic mass is 35.5. The van der Waals surface area contributed by atoms with Gasteiger partial charge in [0, 0.05) is 37.9 Å². The molecule has 5 rings (SSSR count). The average molecular weight is 413 g/mol. The number of fused-ring (bicyclic) bond motifs is 2. The van der Waals surface area contributed by atoms with Gasteiger partial charge in [-0.05, 0) is 23.6 Å². The third-order valence-electron chi connectivity index (χ3n) is 5.91. The normalized spacial score (nSPS) is 23.0. The van der Waals surface area contributed by atoms with E-state index < -0.39 is 5.56 Å². The first-order chi connectivity index (χ1) is 13.6. The van der Waals surface area contributed by atoms with E-state index in [4.69, 9.17) is 0 Å². The molecule has 2 fully saturated rings. The molecule has 0 unspecified atom stereocenters. The van der Waals surface area contributed by atoms with Crippen molar-refractivity contribution in [1.82, 2.24) is 19.6 Å². The zero-order chi connectivity index (χ0) is 19.3. The number of hydrogen-bond donors (Lipinski definition) is 2. The highest BCUT2D eigenvalue weighted by Crippen LogP contribution is 2.43. The lowest BCUT2D eigenvalue weighted by molar-refractivity contribution is 0.0711. The Morgan fingerprint density at radius 3 is 2.72 bits per heavy atom. The lowest BCUT2D eigenvalue weighted by Crippen LogP contribution is -2.38. The lowest BCUT2D eigenvalue weighted by atomic mass is 9.89. The average Bonchev–Trinajstić information content (AvgIpc) is 3.30. The minimum Gasteiger partial charge on any atom is -0.504 e. The summed E-state index contributed by atoms with van der Waals surface area (Å²) in [4.78, 5) is 32.3. The molecule has 2 N–H and O–H groups in total. The molecule has 0 bridgehead atoms. The van der Waals surface area contributed by atoms with Gasteiger partial charge >= 0.3 is 0 Å². The fourth-order valence-corrected chi connectivity index (χ4v) is 4.60. The summed E-state index contributed by atoms with van der Waals surface area (Å²) in [5.74, 6) is 0.293. The van der Waals surface area contributed by atoms with Crippen LogP contribution in [-0.4, -0.2) is 44.9 Å². The van der Waals surface area contributed by atoms with Gasteiger partial charge in [-0.3, -0.25) is 14.0 Å². The second-order valence-electron chi connectivity index (χ2n) is 7.46. The minimum absolute atomic E-state index is 0. The molecule has 2 saturated heterocycles. The number of likely N-dealkylation sites (tertiary alicyclic amines) is 1. The minimum atomic E-state index is -0.465. The summed E-state index contributed by atoms with van der Waals surface area (Å²) in [6, 6.07) is 12.9. The predicted molar refractivity (Wildman–Crippen MR) is 110 cm³/mol. The van der Waals surface area contributed by atoms with Crippen LogP contribution in [0.25, 0.3) is 5.65 Å². The van der Waals surface area contributed by atoms with Crippen molar-refractivity contribution in [3.05, 3.63) is 76.3 Å². The van der Waals surface area contributed by atoms with E-state index in [1.807, 2.05) is 35.2 Å². The molecule has 3 atom stereocenters.